The summed E-state index contributed by atoms with van der Waals surface area (Å²) >= 11 is 0. The van der Waals surface area contributed by atoms with E-state index in [0.29, 0.717) is 17.6 Å². The van der Waals surface area contributed by atoms with Crippen LogP contribution in [0, 0.1) is 6.92 Å². The van der Waals surface area contributed by atoms with E-state index in [1.54, 1.807) is 6.20 Å². The van der Waals surface area contributed by atoms with Crippen LogP contribution in [0.1, 0.15) is 35.8 Å². The van der Waals surface area contributed by atoms with Crippen LogP contribution in [0.15, 0.2) is 18.3 Å². The molecule has 0 radical (unpaired) electrons. The number of pyridine rings is 1. The van der Waals surface area contributed by atoms with Crippen molar-refractivity contribution in [1.29, 1.82) is 0 Å². The van der Waals surface area contributed by atoms with Gasteiger partial charge in [0.25, 0.3) is 5.91 Å². The van der Waals surface area contributed by atoms with Gasteiger partial charge in [-0.2, -0.15) is 0 Å². The Kier molecular flexibility index (Phi) is 4.97. The molecule has 3 rings (SSSR count). The summed E-state index contributed by atoms with van der Waals surface area (Å²) in [4.78, 5) is 23.7. The molecular weight excluding hydrogens is 288 g/mol. The van der Waals surface area contributed by atoms with Gasteiger partial charge in [-0.1, -0.05) is 6.92 Å². The normalized spacial score (nSPS) is 20.8. The maximum absolute atomic E-state index is 12.5. The Labute approximate surface area is 139 Å². The monoisotopic (exact) mass is 316 g/mol. The number of rotatable bonds is 4. The topological polar surface area (TPSA) is 39.7 Å². The van der Waals surface area contributed by atoms with E-state index in [1.165, 1.54) is 25.9 Å². The van der Waals surface area contributed by atoms with E-state index in [1.807, 2.05) is 24.0 Å². The number of piperidine rings is 1. The molecule has 0 saturated carbocycles. The van der Waals surface area contributed by atoms with Crippen molar-refractivity contribution in [3.8, 4) is 0 Å². The Morgan fingerprint density at radius 3 is 2.52 bits per heavy atom. The Balaban J connectivity index is 1.54. The summed E-state index contributed by atoms with van der Waals surface area (Å²) in [7, 11) is 2.20. The van der Waals surface area contributed by atoms with Crippen LogP contribution >= 0.6 is 0 Å². The predicted molar refractivity (Wildman–Crippen MR) is 91.6 cm³/mol. The number of carbonyl (C=O) groups excluding carboxylic acids is 1. The number of hydrogen-bond acceptors (Lipinski definition) is 4. The number of likely N-dealkylation sites (tertiary alicyclic amines) is 2. The van der Waals surface area contributed by atoms with E-state index < -0.39 is 0 Å². The van der Waals surface area contributed by atoms with Crippen LogP contribution in [0.4, 0.5) is 0 Å². The number of aromatic nitrogens is 1. The smallest absolute Gasteiger partial charge is 0.255 e. The third-order valence-corrected chi connectivity index (χ3v) is 5.30. The van der Waals surface area contributed by atoms with Crippen molar-refractivity contribution < 1.29 is 4.79 Å². The van der Waals surface area contributed by atoms with Crippen LogP contribution in [0.5, 0.6) is 0 Å². The fourth-order valence-corrected chi connectivity index (χ4v) is 3.75. The van der Waals surface area contributed by atoms with Crippen molar-refractivity contribution >= 4 is 5.91 Å². The molecule has 5 heteroatoms. The summed E-state index contributed by atoms with van der Waals surface area (Å²) < 4.78 is 0. The standard InChI is InChI=1S/C18H28N4O/c1-4-22(16-7-9-20(3)10-8-16)17-12-21(13-17)18(23)15-6-5-14(2)19-11-15/h5-6,11,16-17H,4,7-10,12-13H2,1-3H3. The van der Waals surface area contributed by atoms with E-state index in [-0.39, 0.29) is 5.91 Å². The van der Waals surface area contributed by atoms with Crippen molar-refractivity contribution in [2.45, 2.75) is 38.8 Å². The highest BCUT2D eigenvalue weighted by atomic mass is 16.2. The minimum Gasteiger partial charge on any atom is -0.335 e. The first-order valence-corrected chi connectivity index (χ1v) is 8.74. The van der Waals surface area contributed by atoms with Gasteiger partial charge >= 0.3 is 0 Å². The average molecular weight is 316 g/mol. The largest absolute Gasteiger partial charge is 0.335 e. The molecule has 0 unspecified atom stereocenters. The Bertz CT molecular complexity index is 530. The molecule has 0 aromatic carbocycles. The SMILES string of the molecule is CCN(C1CCN(C)CC1)C1CN(C(=O)c2ccc(C)nc2)C1. The molecule has 0 bridgehead atoms. The first-order chi connectivity index (χ1) is 11.1. The van der Waals surface area contributed by atoms with Gasteiger partial charge in [-0.25, -0.2) is 0 Å². The Hall–Kier alpha value is -1.46. The van der Waals surface area contributed by atoms with Crippen LogP contribution in [0.2, 0.25) is 0 Å². The van der Waals surface area contributed by atoms with Crippen LogP contribution in [0.3, 0.4) is 0 Å². The molecule has 126 valence electrons. The molecule has 2 saturated heterocycles. The molecule has 23 heavy (non-hydrogen) atoms. The van der Waals surface area contributed by atoms with Gasteiger partial charge in [-0.15, -0.1) is 0 Å². The lowest BCUT2D eigenvalue weighted by Gasteiger charge is -2.49. The van der Waals surface area contributed by atoms with Gasteiger partial charge in [0.2, 0.25) is 0 Å². The number of amides is 1. The van der Waals surface area contributed by atoms with E-state index >= 15 is 0 Å². The summed E-state index contributed by atoms with van der Waals surface area (Å²) in [6, 6.07) is 4.99. The molecule has 1 aromatic heterocycles. The quantitative estimate of drug-likeness (QED) is 0.846. The van der Waals surface area contributed by atoms with E-state index in [9.17, 15) is 4.79 Å². The van der Waals surface area contributed by atoms with Crippen molar-refractivity contribution in [3.05, 3.63) is 29.6 Å². The first-order valence-electron chi connectivity index (χ1n) is 8.74. The number of likely N-dealkylation sites (N-methyl/N-ethyl adjacent to an activating group) is 1. The third-order valence-electron chi connectivity index (χ3n) is 5.30. The number of hydrogen-bond donors (Lipinski definition) is 0. The molecule has 0 atom stereocenters. The van der Waals surface area contributed by atoms with Gasteiger partial charge in [0, 0.05) is 37.1 Å². The maximum Gasteiger partial charge on any atom is 0.255 e. The van der Waals surface area contributed by atoms with Gasteiger partial charge in [-0.05, 0) is 58.6 Å². The molecule has 5 nitrogen and oxygen atoms in total. The fraction of sp³-hybridized carbons (Fsp3) is 0.667. The van der Waals surface area contributed by atoms with Crippen LogP contribution in [-0.4, -0.2) is 77.4 Å². The van der Waals surface area contributed by atoms with Gasteiger partial charge in [0.05, 0.1) is 5.56 Å². The molecule has 0 N–H and O–H groups in total. The van der Waals surface area contributed by atoms with Crippen molar-refractivity contribution in [1.82, 2.24) is 19.7 Å². The van der Waals surface area contributed by atoms with E-state index in [4.69, 9.17) is 0 Å². The Morgan fingerprint density at radius 2 is 1.96 bits per heavy atom. The first kappa shape index (κ1) is 16.4. The summed E-state index contributed by atoms with van der Waals surface area (Å²) in [5.41, 5.74) is 1.65. The second kappa shape index (κ2) is 6.97. The van der Waals surface area contributed by atoms with Gasteiger partial charge < -0.3 is 9.80 Å². The summed E-state index contributed by atoms with van der Waals surface area (Å²) in [5.74, 6) is 0.119. The maximum atomic E-state index is 12.5. The van der Waals surface area contributed by atoms with E-state index in [0.717, 1.165) is 25.3 Å². The van der Waals surface area contributed by atoms with Gasteiger partial charge in [-0.3, -0.25) is 14.7 Å². The average Bonchev–Trinajstić information content (AvgIpc) is 2.51. The fourth-order valence-electron chi connectivity index (χ4n) is 3.75. The molecule has 2 fully saturated rings. The number of nitrogens with zero attached hydrogens (tertiary/aromatic N) is 4. The van der Waals surface area contributed by atoms with E-state index in [2.05, 4.69) is 28.8 Å². The molecule has 1 amide bonds. The van der Waals surface area contributed by atoms with Gasteiger partial charge in [0.1, 0.15) is 0 Å². The highest BCUT2D eigenvalue weighted by molar-refractivity contribution is 5.94. The lowest BCUT2D eigenvalue weighted by molar-refractivity contribution is -0.00000904. The zero-order valence-corrected chi connectivity index (χ0v) is 14.5. The zero-order chi connectivity index (χ0) is 16.4. The van der Waals surface area contributed by atoms with Crippen LogP contribution in [0.25, 0.3) is 0 Å². The zero-order valence-electron chi connectivity index (χ0n) is 14.5. The van der Waals surface area contributed by atoms with Crippen molar-refractivity contribution in [3.63, 3.8) is 0 Å². The summed E-state index contributed by atoms with van der Waals surface area (Å²) in [6.45, 7) is 9.34. The third kappa shape index (κ3) is 3.56. The highest BCUT2D eigenvalue weighted by Gasteiger charge is 2.37. The minimum absolute atomic E-state index is 0.119. The second-order valence-electron chi connectivity index (χ2n) is 6.92. The molecule has 2 aliphatic heterocycles. The predicted octanol–water partition coefficient (Wildman–Crippen LogP) is 1.63. The Morgan fingerprint density at radius 1 is 1.26 bits per heavy atom. The summed E-state index contributed by atoms with van der Waals surface area (Å²) in [6.07, 6.45) is 4.19. The van der Waals surface area contributed by atoms with Gasteiger partial charge in [0.15, 0.2) is 0 Å². The number of carbonyl (C=O) groups is 1. The molecule has 0 spiro atoms. The highest BCUT2D eigenvalue weighted by Crippen LogP contribution is 2.24. The molecule has 3 heterocycles. The van der Waals surface area contributed by atoms with Crippen molar-refractivity contribution in [2.24, 2.45) is 0 Å². The lowest BCUT2D eigenvalue weighted by atomic mass is 9.97. The number of aryl methyl sites for hydroxylation is 1. The lowest BCUT2D eigenvalue weighted by Crippen LogP contribution is -2.63. The second-order valence-corrected chi connectivity index (χ2v) is 6.92. The molecule has 2 aliphatic rings. The molecular formula is C18H28N4O. The molecule has 0 aliphatic carbocycles. The minimum atomic E-state index is 0.119. The van der Waals surface area contributed by atoms with Crippen molar-refractivity contribution in [2.75, 3.05) is 39.8 Å². The summed E-state index contributed by atoms with van der Waals surface area (Å²) in [5, 5.41) is 0. The van der Waals surface area contributed by atoms with Crippen LogP contribution < -0.4 is 0 Å². The molecule has 1 aromatic rings. The van der Waals surface area contributed by atoms with Crippen LogP contribution in [-0.2, 0) is 0 Å².